The fourth-order valence-electron chi connectivity index (χ4n) is 3.48. The van der Waals surface area contributed by atoms with Crippen LogP contribution in [0.3, 0.4) is 0 Å². The molecule has 0 atom stereocenters. The van der Waals surface area contributed by atoms with Crippen LogP contribution < -0.4 is 5.32 Å². The van der Waals surface area contributed by atoms with Crippen LogP contribution in [0.2, 0.25) is 0 Å². The second-order valence-electron chi connectivity index (χ2n) is 6.09. The Morgan fingerprint density at radius 3 is 1.91 bits per heavy atom. The summed E-state index contributed by atoms with van der Waals surface area (Å²) in [5.74, 6) is 0. The van der Waals surface area contributed by atoms with E-state index in [-0.39, 0.29) is 5.54 Å². The van der Waals surface area contributed by atoms with Gasteiger partial charge < -0.3 is 5.32 Å². The monoisotopic (exact) mass is 291 g/mol. The summed E-state index contributed by atoms with van der Waals surface area (Å²) in [6.45, 7) is 2.27. The largest absolute Gasteiger partial charge is 0.375 e. The minimum atomic E-state index is -0.133. The summed E-state index contributed by atoms with van der Waals surface area (Å²) in [7, 11) is 0. The molecule has 1 aliphatic carbocycles. The van der Waals surface area contributed by atoms with E-state index in [1.807, 2.05) is 0 Å². The third-order valence-electron chi connectivity index (χ3n) is 4.73. The van der Waals surface area contributed by atoms with Crippen molar-refractivity contribution in [3.63, 3.8) is 0 Å². The summed E-state index contributed by atoms with van der Waals surface area (Å²) in [5, 5.41) is 3.91. The van der Waals surface area contributed by atoms with Crippen molar-refractivity contribution in [2.45, 2.75) is 44.6 Å². The molecule has 1 N–H and O–H groups in total. The molecule has 1 heteroatoms. The molecule has 22 heavy (non-hydrogen) atoms. The Hall–Kier alpha value is -2.02. The van der Waals surface area contributed by atoms with Crippen LogP contribution in [0.1, 0.15) is 50.2 Å². The van der Waals surface area contributed by atoms with Gasteiger partial charge in [-0.1, -0.05) is 73.7 Å². The van der Waals surface area contributed by atoms with Crippen molar-refractivity contribution in [1.29, 1.82) is 0 Å². The molecule has 0 saturated heterocycles. The third-order valence-corrected chi connectivity index (χ3v) is 4.73. The van der Waals surface area contributed by atoms with Crippen molar-refractivity contribution in [3.05, 3.63) is 83.6 Å². The van der Waals surface area contributed by atoms with E-state index in [1.165, 1.54) is 42.5 Å². The first kappa shape index (κ1) is 14.9. The van der Waals surface area contributed by atoms with E-state index in [1.54, 1.807) is 0 Å². The highest BCUT2D eigenvalue weighted by Gasteiger charge is 2.32. The molecule has 0 amide bonds. The van der Waals surface area contributed by atoms with E-state index >= 15 is 0 Å². The van der Waals surface area contributed by atoms with Crippen molar-refractivity contribution in [2.75, 3.05) is 0 Å². The van der Waals surface area contributed by atoms with Crippen LogP contribution >= 0.6 is 0 Å². The van der Waals surface area contributed by atoms with Crippen molar-refractivity contribution >= 4 is 0 Å². The van der Waals surface area contributed by atoms with Gasteiger partial charge in [-0.2, -0.15) is 0 Å². The van der Waals surface area contributed by atoms with Gasteiger partial charge in [0.25, 0.3) is 0 Å². The maximum Gasteiger partial charge on any atom is 0.0874 e. The Balaban J connectivity index is 2.06. The van der Waals surface area contributed by atoms with Crippen molar-refractivity contribution in [3.8, 4) is 0 Å². The Labute approximate surface area is 134 Å². The molecular formula is C21H25N. The molecule has 0 radical (unpaired) electrons. The number of allylic oxidation sites excluding steroid dienone is 2. The molecule has 2 aromatic rings. The molecule has 0 fully saturated rings. The number of rotatable bonds is 5. The van der Waals surface area contributed by atoms with Gasteiger partial charge in [-0.15, -0.1) is 0 Å². The zero-order valence-corrected chi connectivity index (χ0v) is 13.4. The number of benzene rings is 2. The van der Waals surface area contributed by atoms with Gasteiger partial charge >= 0.3 is 0 Å². The van der Waals surface area contributed by atoms with Gasteiger partial charge in [-0.25, -0.2) is 0 Å². The Morgan fingerprint density at radius 1 is 0.864 bits per heavy atom. The first-order chi connectivity index (χ1) is 10.8. The topological polar surface area (TPSA) is 12.0 Å². The average molecular weight is 291 g/mol. The fourth-order valence-corrected chi connectivity index (χ4v) is 3.48. The van der Waals surface area contributed by atoms with Gasteiger partial charge in [-0.05, 0) is 43.2 Å². The van der Waals surface area contributed by atoms with E-state index < -0.39 is 0 Å². The predicted octanol–water partition coefficient (Wildman–Crippen LogP) is 5.39. The van der Waals surface area contributed by atoms with Gasteiger partial charge in [0.1, 0.15) is 0 Å². The van der Waals surface area contributed by atoms with Gasteiger partial charge in [0, 0.05) is 5.70 Å². The Morgan fingerprint density at radius 2 is 1.45 bits per heavy atom. The summed E-state index contributed by atoms with van der Waals surface area (Å²) in [5.41, 5.74) is 3.96. The van der Waals surface area contributed by atoms with Gasteiger partial charge in [0.05, 0.1) is 5.54 Å². The Bertz CT molecular complexity index is 573. The zero-order valence-electron chi connectivity index (χ0n) is 13.4. The van der Waals surface area contributed by atoms with Crippen molar-refractivity contribution < 1.29 is 0 Å². The molecule has 0 heterocycles. The molecule has 0 aliphatic heterocycles. The number of nitrogens with one attached hydrogen (secondary N) is 1. The maximum absolute atomic E-state index is 3.91. The standard InChI is InChI=1S/C21H25N/c1-2-21(18-12-6-3-7-13-18,19-14-8-4-9-15-19)22-20-16-10-5-11-17-20/h3-4,6-9,12-16,22H,2,5,10-11,17H2,1H3. The van der Waals surface area contributed by atoms with Crippen LogP contribution in [0.15, 0.2) is 72.4 Å². The lowest BCUT2D eigenvalue weighted by Gasteiger charge is -2.38. The van der Waals surface area contributed by atoms with E-state index in [4.69, 9.17) is 0 Å². The lowest BCUT2D eigenvalue weighted by atomic mass is 9.80. The minimum absolute atomic E-state index is 0.133. The molecule has 0 bridgehead atoms. The summed E-state index contributed by atoms with van der Waals surface area (Å²) < 4.78 is 0. The maximum atomic E-state index is 3.91. The number of hydrogen-bond donors (Lipinski definition) is 1. The third kappa shape index (κ3) is 2.94. The first-order valence-corrected chi connectivity index (χ1v) is 8.43. The van der Waals surface area contributed by atoms with Crippen LogP contribution in [-0.4, -0.2) is 0 Å². The van der Waals surface area contributed by atoms with E-state index in [0.717, 1.165) is 6.42 Å². The van der Waals surface area contributed by atoms with E-state index in [0.29, 0.717) is 0 Å². The van der Waals surface area contributed by atoms with Crippen molar-refractivity contribution in [1.82, 2.24) is 5.32 Å². The molecule has 2 aromatic carbocycles. The highest BCUT2D eigenvalue weighted by atomic mass is 15.0. The minimum Gasteiger partial charge on any atom is -0.375 e. The molecule has 0 aromatic heterocycles. The second kappa shape index (κ2) is 6.83. The average Bonchev–Trinajstić information content (AvgIpc) is 2.62. The second-order valence-corrected chi connectivity index (χ2v) is 6.09. The van der Waals surface area contributed by atoms with Crippen LogP contribution in [-0.2, 0) is 5.54 Å². The lowest BCUT2D eigenvalue weighted by Crippen LogP contribution is -2.42. The van der Waals surface area contributed by atoms with Crippen LogP contribution in [0, 0.1) is 0 Å². The van der Waals surface area contributed by atoms with Gasteiger partial charge in [0.2, 0.25) is 0 Å². The molecule has 1 aliphatic rings. The SMILES string of the molecule is CCC(NC1=CCCCC1)(c1ccccc1)c1ccccc1. The van der Waals surface area contributed by atoms with Crippen LogP contribution in [0.4, 0.5) is 0 Å². The highest BCUT2D eigenvalue weighted by molar-refractivity contribution is 5.39. The predicted molar refractivity (Wildman–Crippen MR) is 93.6 cm³/mol. The van der Waals surface area contributed by atoms with Gasteiger partial charge in [-0.3, -0.25) is 0 Å². The summed E-state index contributed by atoms with van der Waals surface area (Å²) in [4.78, 5) is 0. The molecule has 0 unspecified atom stereocenters. The zero-order chi connectivity index (χ0) is 15.3. The highest BCUT2D eigenvalue weighted by Crippen LogP contribution is 2.35. The molecule has 3 rings (SSSR count). The normalized spacial score (nSPS) is 15.2. The fraction of sp³-hybridized carbons (Fsp3) is 0.333. The Kier molecular flexibility index (Phi) is 4.62. The van der Waals surface area contributed by atoms with E-state index in [2.05, 4.69) is 79.0 Å². The van der Waals surface area contributed by atoms with Gasteiger partial charge in [0.15, 0.2) is 0 Å². The first-order valence-electron chi connectivity index (χ1n) is 8.43. The lowest BCUT2D eigenvalue weighted by molar-refractivity contribution is 0.411. The summed E-state index contributed by atoms with van der Waals surface area (Å²) in [6.07, 6.45) is 8.40. The van der Waals surface area contributed by atoms with E-state index in [9.17, 15) is 0 Å². The van der Waals surface area contributed by atoms with Crippen LogP contribution in [0.5, 0.6) is 0 Å². The molecule has 114 valence electrons. The quantitative estimate of drug-likeness (QED) is 0.779. The molecule has 0 spiro atoms. The summed E-state index contributed by atoms with van der Waals surface area (Å²) >= 11 is 0. The smallest absolute Gasteiger partial charge is 0.0874 e. The number of hydrogen-bond acceptors (Lipinski definition) is 1. The molecule has 0 saturated carbocycles. The van der Waals surface area contributed by atoms with Crippen molar-refractivity contribution in [2.24, 2.45) is 0 Å². The molecular weight excluding hydrogens is 266 g/mol. The van der Waals surface area contributed by atoms with Crippen LogP contribution in [0.25, 0.3) is 0 Å². The molecule has 1 nitrogen and oxygen atoms in total. The summed E-state index contributed by atoms with van der Waals surface area (Å²) in [6, 6.07) is 21.7.